The quantitative estimate of drug-likeness (QED) is 0.570. The van der Waals surface area contributed by atoms with Gasteiger partial charge in [-0.25, -0.2) is 16.8 Å². The van der Waals surface area contributed by atoms with E-state index in [0.29, 0.717) is 11.4 Å². The maximum atomic E-state index is 12.7. The van der Waals surface area contributed by atoms with E-state index >= 15 is 0 Å². The van der Waals surface area contributed by atoms with Crippen molar-refractivity contribution in [2.45, 2.75) is 17.0 Å². The molecule has 3 aromatic rings. The van der Waals surface area contributed by atoms with E-state index in [1.807, 2.05) is 24.3 Å². The Labute approximate surface area is 169 Å². The lowest BCUT2D eigenvalue weighted by molar-refractivity contribution is 0.190. The van der Waals surface area contributed by atoms with Crippen LogP contribution in [0.2, 0.25) is 0 Å². The average molecular weight is 433 g/mol. The molecule has 4 rings (SSSR count). The fraction of sp³-hybridized carbons (Fsp3) is 0.200. The lowest BCUT2D eigenvalue weighted by Crippen LogP contribution is -2.31. The average Bonchev–Trinajstić information content (AvgIpc) is 2.94. The van der Waals surface area contributed by atoms with E-state index in [1.165, 1.54) is 0 Å². The molecule has 1 aliphatic rings. The minimum atomic E-state index is -3.75. The van der Waals surface area contributed by atoms with Gasteiger partial charge in [0.1, 0.15) is 0 Å². The first-order valence-corrected chi connectivity index (χ1v) is 12.3. The minimum absolute atomic E-state index is 0.134. The van der Waals surface area contributed by atoms with E-state index in [0.717, 1.165) is 10.8 Å². The molecule has 3 aromatic carbocycles. The largest absolute Gasteiger partial charge is 0.390 e. The number of aliphatic hydroxyl groups excluding tert-OH is 1. The van der Waals surface area contributed by atoms with Gasteiger partial charge in [0, 0.05) is 11.4 Å². The summed E-state index contributed by atoms with van der Waals surface area (Å²) in [5, 5.41) is 14.6. The van der Waals surface area contributed by atoms with Crippen LogP contribution in [0.3, 0.4) is 0 Å². The minimum Gasteiger partial charge on any atom is -0.390 e. The first-order valence-electron chi connectivity index (χ1n) is 8.99. The van der Waals surface area contributed by atoms with Crippen molar-refractivity contribution < 1.29 is 21.9 Å². The van der Waals surface area contributed by atoms with Crippen LogP contribution >= 0.6 is 0 Å². The van der Waals surface area contributed by atoms with Gasteiger partial charge in [0.15, 0.2) is 9.84 Å². The van der Waals surface area contributed by atoms with Gasteiger partial charge in [-0.3, -0.25) is 4.72 Å². The zero-order valence-electron chi connectivity index (χ0n) is 15.3. The van der Waals surface area contributed by atoms with Crippen molar-refractivity contribution in [3.05, 3.63) is 66.7 Å². The van der Waals surface area contributed by atoms with Gasteiger partial charge in [0.2, 0.25) is 0 Å². The van der Waals surface area contributed by atoms with Crippen molar-refractivity contribution in [3.63, 3.8) is 0 Å². The molecule has 0 aromatic heterocycles. The summed E-state index contributed by atoms with van der Waals surface area (Å²) in [6, 6.07) is 18.3. The van der Waals surface area contributed by atoms with Crippen LogP contribution in [0, 0.1) is 0 Å². The summed E-state index contributed by atoms with van der Waals surface area (Å²) >= 11 is 0. The molecule has 29 heavy (non-hydrogen) atoms. The van der Waals surface area contributed by atoms with Crippen LogP contribution in [0.25, 0.3) is 10.8 Å². The zero-order chi connectivity index (χ0) is 20.6. The highest BCUT2D eigenvalue weighted by Crippen LogP contribution is 2.23. The van der Waals surface area contributed by atoms with Crippen LogP contribution in [0.1, 0.15) is 0 Å². The summed E-state index contributed by atoms with van der Waals surface area (Å²) in [5.74, 6) is -0.390. The molecule has 1 fully saturated rings. The van der Waals surface area contributed by atoms with E-state index in [9.17, 15) is 21.9 Å². The van der Waals surface area contributed by atoms with E-state index in [-0.39, 0.29) is 16.4 Å². The maximum Gasteiger partial charge on any atom is 0.261 e. The Morgan fingerprint density at radius 3 is 2.17 bits per heavy atom. The van der Waals surface area contributed by atoms with E-state index in [1.54, 1.807) is 42.5 Å². The molecule has 0 amide bonds. The molecule has 0 bridgehead atoms. The summed E-state index contributed by atoms with van der Waals surface area (Å²) < 4.78 is 51.1. The highest BCUT2D eigenvalue weighted by molar-refractivity contribution is 7.92. The van der Waals surface area contributed by atoms with Crippen LogP contribution < -0.4 is 10.0 Å². The number of hydrogen-bond acceptors (Lipinski definition) is 6. The Bertz CT molecular complexity index is 1260. The summed E-state index contributed by atoms with van der Waals surface area (Å²) in [7, 11) is -7.00. The number of aliphatic hydroxyl groups is 1. The van der Waals surface area contributed by atoms with Crippen LogP contribution in [-0.4, -0.2) is 45.6 Å². The summed E-state index contributed by atoms with van der Waals surface area (Å²) in [6.07, 6.45) is -0.967. The van der Waals surface area contributed by atoms with Gasteiger partial charge in [-0.15, -0.1) is 0 Å². The normalized spacial score (nSPS) is 21.1. The molecular formula is C20H20N2O5S2. The number of fused-ring (bicyclic) bond motifs is 1. The fourth-order valence-corrected chi connectivity index (χ4v) is 6.20. The Morgan fingerprint density at radius 1 is 0.862 bits per heavy atom. The standard InChI is InChI=1S/C20H20N2O5S2/c23-20-13-28(24,25)12-19(20)21-16-6-8-17(9-7-16)22-29(26,27)18-10-5-14-3-1-2-4-15(14)11-18/h1-11,19-23H,12-13H2/t19-,20+/m1/s1. The first-order chi connectivity index (χ1) is 13.7. The van der Waals surface area contributed by atoms with Crippen molar-refractivity contribution in [1.82, 2.24) is 0 Å². The van der Waals surface area contributed by atoms with Gasteiger partial charge in [0.05, 0.1) is 28.5 Å². The summed E-state index contributed by atoms with van der Waals surface area (Å²) in [6.45, 7) is 0. The lowest BCUT2D eigenvalue weighted by atomic mass is 10.1. The molecule has 0 radical (unpaired) electrons. The van der Waals surface area contributed by atoms with Gasteiger partial charge < -0.3 is 10.4 Å². The predicted octanol–water partition coefficient (Wildman–Crippen LogP) is 2.21. The van der Waals surface area contributed by atoms with E-state index < -0.39 is 32.0 Å². The van der Waals surface area contributed by atoms with Gasteiger partial charge in [-0.1, -0.05) is 30.3 Å². The second-order valence-corrected chi connectivity index (χ2v) is 10.9. The molecule has 0 aliphatic carbocycles. The number of benzene rings is 3. The van der Waals surface area contributed by atoms with Gasteiger partial charge >= 0.3 is 0 Å². The molecule has 0 spiro atoms. The van der Waals surface area contributed by atoms with Crippen molar-refractivity contribution in [2.75, 3.05) is 21.5 Å². The molecule has 152 valence electrons. The highest BCUT2D eigenvalue weighted by atomic mass is 32.2. The maximum absolute atomic E-state index is 12.7. The summed E-state index contributed by atoms with van der Waals surface area (Å²) in [4.78, 5) is 0.165. The summed E-state index contributed by atoms with van der Waals surface area (Å²) in [5.41, 5.74) is 0.975. The van der Waals surface area contributed by atoms with E-state index in [4.69, 9.17) is 0 Å². The third-order valence-electron chi connectivity index (χ3n) is 4.84. The predicted molar refractivity (Wildman–Crippen MR) is 113 cm³/mol. The molecule has 1 saturated heterocycles. The Balaban J connectivity index is 1.49. The number of sulfonamides is 1. The fourth-order valence-electron chi connectivity index (χ4n) is 3.36. The smallest absolute Gasteiger partial charge is 0.261 e. The molecular weight excluding hydrogens is 412 g/mol. The number of hydrogen-bond donors (Lipinski definition) is 3. The van der Waals surface area contributed by atoms with E-state index in [2.05, 4.69) is 10.0 Å². The third kappa shape index (κ3) is 4.36. The monoisotopic (exact) mass is 432 g/mol. The van der Waals surface area contributed by atoms with Crippen molar-refractivity contribution >= 4 is 42.0 Å². The molecule has 7 nitrogen and oxygen atoms in total. The number of nitrogens with one attached hydrogen (secondary N) is 2. The molecule has 3 N–H and O–H groups in total. The molecule has 9 heteroatoms. The molecule has 1 heterocycles. The zero-order valence-corrected chi connectivity index (χ0v) is 16.9. The molecule has 2 atom stereocenters. The molecule has 1 aliphatic heterocycles. The van der Waals surface area contributed by atoms with Crippen molar-refractivity contribution in [1.29, 1.82) is 0 Å². The first kappa shape index (κ1) is 19.7. The van der Waals surface area contributed by atoms with Crippen LogP contribution in [0.5, 0.6) is 0 Å². The van der Waals surface area contributed by atoms with Crippen LogP contribution in [0.15, 0.2) is 71.6 Å². The molecule has 0 saturated carbocycles. The van der Waals surface area contributed by atoms with Crippen molar-refractivity contribution in [3.8, 4) is 0 Å². The third-order valence-corrected chi connectivity index (χ3v) is 7.94. The molecule has 0 unspecified atom stereocenters. The van der Waals surface area contributed by atoms with Gasteiger partial charge in [-0.05, 0) is 47.2 Å². The van der Waals surface area contributed by atoms with Gasteiger partial charge in [0.25, 0.3) is 10.0 Å². The van der Waals surface area contributed by atoms with Gasteiger partial charge in [-0.2, -0.15) is 0 Å². The topological polar surface area (TPSA) is 113 Å². The highest BCUT2D eigenvalue weighted by Gasteiger charge is 2.36. The Kier molecular flexibility index (Phi) is 4.97. The number of sulfone groups is 1. The Hall–Kier alpha value is -2.62. The second kappa shape index (κ2) is 7.33. The van der Waals surface area contributed by atoms with Crippen LogP contribution in [-0.2, 0) is 19.9 Å². The van der Waals surface area contributed by atoms with Crippen LogP contribution in [0.4, 0.5) is 11.4 Å². The Morgan fingerprint density at radius 2 is 1.52 bits per heavy atom. The van der Waals surface area contributed by atoms with Crippen molar-refractivity contribution in [2.24, 2.45) is 0 Å². The number of anilines is 2. The second-order valence-electron chi connectivity index (χ2n) is 7.09. The number of rotatable bonds is 5. The lowest BCUT2D eigenvalue weighted by Gasteiger charge is -2.16. The SMILES string of the molecule is O=S1(=O)C[C@H](O)[C@H](Nc2ccc(NS(=O)(=O)c3ccc4ccccc4c3)cc2)C1.